The van der Waals surface area contributed by atoms with Crippen molar-refractivity contribution in [1.82, 2.24) is 20.0 Å². The zero-order valence-electron chi connectivity index (χ0n) is 15.1. The van der Waals surface area contributed by atoms with Crippen LogP contribution >= 0.6 is 0 Å². The van der Waals surface area contributed by atoms with E-state index in [1.165, 1.54) is 0 Å². The molecule has 0 radical (unpaired) electrons. The van der Waals surface area contributed by atoms with E-state index < -0.39 is 0 Å². The Morgan fingerprint density at radius 2 is 2.12 bits per heavy atom. The fourth-order valence-corrected chi connectivity index (χ4v) is 3.53. The lowest BCUT2D eigenvalue weighted by molar-refractivity contribution is -0.118. The first kappa shape index (κ1) is 17.5. The fraction of sp³-hybridized carbons (Fsp3) is 0.556. The van der Waals surface area contributed by atoms with Gasteiger partial charge >= 0.3 is 0 Å². The Kier molecular flexibility index (Phi) is 5.13. The monoisotopic (exact) mass is 343 g/mol. The van der Waals surface area contributed by atoms with Gasteiger partial charge in [-0.05, 0) is 46.2 Å². The minimum atomic E-state index is -0.264. The van der Waals surface area contributed by atoms with Crippen LogP contribution < -0.4 is 5.73 Å². The van der Waals surface area contributed by atoms with E-state index >= 15 is 0 Å². The molecule has 0 spiro atoms. The molecule has 134 valence electrons. The van der Waals surface area contributed by atoms with Gasteiger partial charge in [0.05, 0.1) is 23.0 Å². The van der Waals surface area contributed by atoms with Crippen LogP contribution in [0.15, 0.2) is 10.6 Å². The Balaban J connectivity index is 1.94. The number of likely N-dealkylation sites (tertiary alicyclic amines) is 1. The molecule has 1 saturated heterocycles. The largest absolute Gasteiger partial charge is 0.370 e. The van der Waals surface area contributed by atoms with Crippen LogP contribution in [0.3, 0.4) is 0 Å². The molecule has 7 heteroatoms. The molecule has 2 aromatic rings. The molecule has 3 rings (SSSR count). The van der Waals surface area contributed by atoms with Crippen LogP contribution in [0.25, 0.3) is 11.4 Å². The molecule has 2 aromatic heterocycles. The van der Waals surface area contributed by atoms with E-state index in [1.54, 1.807) is 0 Å². The third-order valence-corrected chi connectivity index (χ3v) is 4.73. The number of piperidine rings is 1. The van der Waals surface area contributed by atoms with E-state index in [4.69, 9.17) is 15.2 Å². The number of hydrogen-bond donors (Lipinski definition) is 1. The molecule has 1 atom stereocenters. The van der Waals surface area contributed by atoms with Crippen LogP contribution in [0.4, 0.5) is 0 Å². The first-order valence-electron chi connectivity index (χ1n) is 8.77. The van der Waals surface area contributed by atoms with E-state index in [2.05, 4.69) is 15.0 Å². The Morgan fingerprint density at radius 3 is 2.80 bits per heavy atom. The smallest absolute Gasteiger partial charge is 0.218 e. The number of nitrogens with zero attached hydrogens (tertiary/aromatic N) is 4. The molecule has 0 bridgehead atoms. The molecule has 7 nitrogen and oxygen atoms in total. The molecule has 0 aliphatic carbocycles. The van der Waals surface area contributed by atoms with Crippen molar-refractivity contribution in [3.63, 3.8) is 0 Å². The maximum atomic E-state index is 11.2. The minimum Gasteiger partial charge on any atom is -0.370 e. The molecule has 3 heterocycles. The van der Waals surface area contributed by atoms with Crippen LogP contribution in [0, 0.1) is 20.8 Å². The van der Waals surface area contributed by atoms with Gasteiger partial charge in [0.15, 0.2) is 5.82 Å². The molecule has 2 N–H and O–H groups in total. The van der Waals surface area contributed by atoms with Gasteiger partial charge in [-0.1, -0.05) is 11.6 Å². The minimum absolute atomic E-state index is 0.189. The average Bonchev–Trinajstić information content (AvgIpc) is 2.91. The van der Waals surface area contributed by atoms with E-state index in [-0.39, 0.29) is 11.9 Å². The molecule has 1 fully saturated rings. The van der Waals surface area contributed by atoms with Crippen molar-refractivity contribution in [2.75, 3.05) is 13.1 Å². The van der Waals surface area contributed by atoms with Crippen LogP contribution in [0.1, 0.15) is 54.6 Å². The number of carbonyl (C=O) groups excluding carboxylic acids is 1. The highest BCUT2D eigenvalue weighted by Gasteiger charge is 2.26. The van der Waals surface area contributed by atoms with E-state index in [0.717, 1.165) is 54.2 Å². The summed E-state index contributed by atoms with van der Waals surface area (Å²) in [6.07, 6.45) is 3.69. The summed E-state index contributed by atoms with van der Waals surface area (Å²) in [6, 6.07) is 2.23. The second kappa shape index (κ2) is 7.31. The number of rotatable bonds is 5. The first-order valence-corrected chi connectivity index (χ1v) is 8.77. The third-order valence-electron chi connectivity index (χ3n) is 4.73. The number of aromatic nitrogens is 3. The van der Waals surface area contributed by atoms with Gasteiger partial charge in [-0.2, -0.15) is 0 Å². The van der Waals surface area contributed by atoms with Gasteiger partial charge < -0.3 is 10.3 Å². The number of aryl methyl sites for hydroxylation is 3. The number of carbonyl (C=O) groups is 1. The fourth-order valence-electron chi connectivity index (χ4n) is 3.53. The van der Waals surface area contributed by atoms with Crippen molar-refractivity contribution in [1.29, 1.82) is 0 Å². The lowest BCUT2D eigenvalue weighted by atomic mass is 9.98. The van der Waals surface area contributed by atoms with Crippen LogP contribution in [0.5, 0.6) is 0 Å². The Labute approximate surface area is 147 Å². The number of hydrogen-bond acceptors (Lipinski definition) is 6. The average molecular weight is 343 g/mol. The summed E-state index contributed by atoms with van der Waals surface area (Å²) in [7, 11) is 0. The summed E-state index contributed by atoms with van der Waals surface area (Å²) >= 11 is 0. The van der Waals surface area contributed by atoms with E-state index in [9.17, 15) is 4.79 Å². The zero-order valence-corrected chi connectivity index (χ0v) is 15.1. The Morgan fingerprint density at radius 1 is 1.32 bits per heavy atom. The maximum Gasteiger partial charge on any atom is 0.218 e. The normalized spacial score (nSPS) is 18.4. The number of primary amides is 1. The van der Waals surface area contributed by atoms with Crippen molar-refractivity contribution in [3.8, 4) is 11.4 Å². The van der Waals surface area contributed by atoms with Gasteiger partial charge in [0.2, 0.25) is 5.91 Å². The van der Waals surface area contributed by atoms with Crippen molar-refractivity contribution in [2.24, 2.45) is 5.73 Å². The van der Waals surface area contributed by atoms with Gasteiger partial charge in [-0.15, -0.1) is 0 Å². The lowest BCUT2D eigenvalue weighted by Crippen LogP contribution is -2.36. The number of nitrogens with two attached hydrogens (primary N) is 1. The molecular formula is C18H25N5O2. The van der Waals surface area contributed by atoms with Gasteiger partial charge in [0.1, 0.15) is 5.76 Å². The highest BCUT2D eigenvalue weighted by Crippen LogP contribution is 2.32. The molecule has 0 aromatic carbocycles. The lowest BCUT2D eigenvalue weighted by Gasteiger charge is -2.35. The van der Waals surface area contributed by atoms with Crippen molar-refractivity contribution in [3.05, 3.63) is 28.9 Å². The van der Waals surface area contributed by atoms with Gasteiger partial charge in [-0.25, -0.2) is 9.97 Å². The second-order valence-electron chi connectivity index (χ2n) is 6.72. The molecule has 1 aliphatic rings. The second-order valence-corrected chi connectivity index (χ2v) is 6.72. The zero-order chi connectivity index (χ0) is 18.0. The molecular weight excluding hydrogens is 318 g/mol. The Bertz CT molecular complexity index is 751. The van der Waals surface area contributed by atoms with Crippen molar-refractivity contribution < 1.29 is 9.32 Å². The van der Waals surface area contributed by atoms with Crippen LogP contribution in [0.2, 0.25) is 0 Å². The van der Waals surface area contributed by atoms with Crippen LogP contribution in [-0.4, -0.2) is 39.0 Å². The summed E-state index contributed by atoms with van der Waals surface area (Å²) in [6.45, 7) is 7.38. The predicted molar refractivity (Wildman–Crippen MR) is 93.7 cm³/mol. The van der Waals surface area contributed by atoms with E-state index in [0.29, 0.717) is 18.8 Å². The summed E-state index contributed by atoms with van der Waals surface area (Å²) < 4.78 is 5.27. The topological polar surface area (TPSA) is 98.1 Å². The quantitative estimate of drug-likeness (QED) is 0.895. The molecule has 25 heavy (non-hydrogen) atoms. The molecule has 1 amide bonds. The summed E-state index contributed by atoms with van der Waals surface area (Å²) in [5.41, 5.74) is 8.90. The number of amides is 1. The van der Waals surface area contributed by atoms with Crippen molar-refractivity contribution >= 4 is 5.91 Å². The molecule has 0 unspecified atom stereocenters. The van der Waals surface area contributed by atoms with Gasteiger partial charge in [0.25, 0.3) is 0 Å². The van der Waals surface area contributed by atoms with Crippen LogP contribution in [-0.2, 0) is 4.79 Å². The van der Waals surface area contributed by atoms with Crippen molar-refractivity contribution in [2.45, 2.75) is 52.5 Å². The standard InChI is InChI=1S/C18H25N5O2/c1-11-10-14(15-6-4-5-8-23(15)9-7-16(19)24)21-18(20-11)17-12(2)22-25-13(17)3/h10,15H,4-9H2,1-3H3,(H2,19,24)/t15-/m1/s1. The highest BCUT2D eigenvalue weighted by molar-refractivity contribution is 5.73. The molecule has 0 saturated carbocycles. The summed E-state index contributed by atoms with van der Waals surface area (Å²) in [5, 5.41) is 4.01. The van der Waals surface area contributed by atoms with Gasteiger partial charge in [-0.3, -0.25) is 9.69 Å². The predicted octanol–water partition coefficient (Wildman–Crippen LogP) is 2.46. The highest BCUT2D eigenvalue weighted by atomic mass is 16.5. The summed E-state index contributed by atoms with van der Waals surface area (Å²) in [4.78, 5) is 22.9. The first-order chi connectivity index (χ1) is 12.0. The van der Waals surface area contributed by atoms with E-state index in [1.807, 2.05) is 26.8 Å². The SMILES string of the molecule is Cc1cc([C@H]2CCCCN2CCC(N)=O)nc(-c2c(C)noc2C)n1. The molecule has 1 aliphatic heterocycles. The maximum absolute atomic E-state index is 11.2. The third kappa shape index (κ3) is 3.87. The van der Waals surface area contributed by atoms with Gasteiger partial charge in [0, 0.05) is 18.7 Å². The summed E-state index contributed by atoms with van der Waals surface area (Å²) in [5.74, 6) is 1.12. The Hall–Kier alpha value is -2.28.